The summed E-state index contributed by atoms with van der Waals surface area (Å²) in [4.78, 5) is 26.0. The first-order valence-corrected chi connectivity index (χ1v) is 12.0. The summed E-state index contributed by atoms with van der Waals surface area (Å²) in [6.45, 7) is 4.34. The number of carbonyl (C=O) groups is 1. The van der Waals surface area contributed by atoms with Crippen LogP contribution in [-0.4, -0.2) is 81.3 Å². The zero-order valence-electron chi connectivity index (χ0n) is 19.9. The molecule has 2 aromatic rings. The monoisotopic (exact) mass is 513 g/mol. The maximum atomic E-state index is 15.8. The Balaban J connectivity index is 1.78. The van der Waals surface area contributed by atoms with E-state index in [9.17, 15) is 14.5 Å². The van der Waals surface area contributed by atoms with Gasteiger partial charge in [-0.2, -0.15) is 9.97 Å². The molecule has 1 fully saturated rings. The highest BCUT2D eigenvalue weighted by atomic mass is 31.1. The van der Waals surface area contributed by atoms with E-state index < -0.39 is 50.9 Å². The van der Waals surface area contributed by atoms with Crippen molar-refractivity contribution >= 4 is 37.1 Å². The summed E-state index contributed by atoms with van der Waals surface area (Å²) < 4.78 is 45.3. The zero-order chi connectivity index (χ0) is 26.1. The average molecular weight is 513 g/mol. The van der Waals surface area contributed by atoms with Crippen LogP contribution in [0.25, 0.3) is 11.2 Å². The molecule has 0 radical (unpaired) electrons. The average Bonchev–Trinajstić information content (AvgIpc) is 3.30. The number of aromatic nitrogens is 4. The summed E-state index contributed by atoms with van der Waals surface area (Å²) in [5.41, 5.74) is 3.57. The standard InChI is InChI=1S/C20H29FN7O6P/c1-7-20(21)14(29)12(8-32-35(31)26-11(4)17(30)33-10(2)3)34-18(20)28-9-23-13-15(27(5)6)24-19(22)25-16(13)28/h1,9-12,14,18,29,35H,8H2,2-6H3,(H,26,31)(H2,22,24,25)/t11-,12?,14+,18+,20+/m0/s1. The molecule has 0 aliphatic carbocycles. The minimum absolute atomic E-state index is 0.0821. The van der Waals surface area contributed by atoms with Crippen molar-refractivity contribution in [1.29, 1.82) is 0 Å². The Bertz CT molecular complexity index is 1150. The summed E-state index contributed by atoms with van der Waals surface area (Å²) in [5.74, 6) is 1.65. The number of nitrogens with zero attached hydrogens (tertiary/aromatic N) is 5. The second kappa shape index (κ2) is 10.4. The number of aliphatic hydroxyl groups is 1. The number of hydrogen-bond acceptors (Lipinski definition) is 11. The van der Waals surface area contributed by atoms with Crippen molar-refractivity contribution in [3.05, 3.63) is 6.33 Å². The second-order valence-electron chi connectivity index (χ2n) is 8.46. The van der Waals surface area contributed by atoms with Crippen LogP contribution in [0.3, 0.4) is 0 Å². The van der Waals surface area contributed by atoms with Gasteiger partial charge in [0.05, 0.1) is 19.0 Å². The molecule has 1 aliphatic rings. The number of aliphatic hydroxyl groups excluding tert-OH is 1. The first-order chi connectivity index (χ1) is 16.4. The van der Waals surface area contributed by atoms with E-state index in [-0.39, 0.29) is 17.7 Å². The van der Waals surface area contributed by atoms with Crippen LogP contribution in [0.5, 0.6) is 0 Å². The Morgan fingerprint density at radius 1 is 1.49 bits per heavy atom. The molecule has 15 heteroatoms. The predicted molar refractivity (Wildman–Crippen MR) is 125 cm³/mol. The molecular formula is C20H29FN7O6P. The molecule has 0 amide bonds. The van der Waals surface area contributed by atoms with Crippen molar-refractivity contribution in [2.75, 3.05) is 31.3 Å². The maximum Gasteiger partial charge on any atom is 0.323 e. The molecule has 2 unspecified atom stereocenters. The summed E-state index contributed by atoms with van der Waals surface area (Å²) in [6.07, 6.45) is 1.68. The van der Waals surface area contributed by atoms with Gasteiger partial charge in [-0.3, -0.25) is 13.9 Å². The molecule has 3 heterocycles. The Kier molecular flexibility index (Phi) is 7.98. The summed E-state index contributed by atoms with van der Waals surface area (Å²) in [6, 6.07) is -0.912. The highest BCUT2D eigenvalue weighted by Gasteiger charge is 2.58. The highest BCUT2D eigenvalue weighted by molar-refractivity contribution is 7.36. The number of fused-ring (bicyclic) bond motifs is 1. The van der Waals surface area contributed by atoms with Gasteiger partial charge in [0.25, 0.3) is 8.18 Å². The predicted octanol–water partition coefficient (Wildman–Crippen LogP) is 0.410. The lowest BCUT2D eigenvalue weighted by Crippen LogP contribution is -2.42. The van der Waals surface area contributed by atoms with Crippen LogP contribution < -0.4 is 15.7 Å². The lowest BCUT2D eigenvalue weighted by molar-refractivity contribution is -0.149. The molecule has 0 aromatic carbocycles. The van der Waals surface area contributed by atoms with E-state index in [0.717, 1.165) is 0 Å². The van der Waals surface area contributed by atoms with Gasteiger partial charge in [0.15, 0.2) is 23.2 Å². The molecule has 4 N–H and O–H groups in total. The summed E-state index contributed by atoms with van der Waals surface area (Å²) in [7, 11) is 0.477. The molecular weight excluding hydrogens is 484 g/mol. The van der Waals surface area contributed by atoms with Crippen LogP contribution in [0, 0.1) is 12.3 Å². The first kappa shape index (κ1) is 26.8. The Hall–Kier alpha value is -2.82. The molecule has 0 saturated carbocycles. The van der Waals surface area contributed by atoms with E-state index >= 15 is 4.39 Å². The van der Waals surface area contributed by atoms with Crippen molar-refractivity contribution in [2.24, 2.45) is 0 Å². The summed E-state index contributed by atoms with van der Waals surface area (Å²) >= 11 is 0. The Morgan fingerprint density at radius 2 is 2.17 bits per heavy atom. The third-order valence-electron chi connectivity index (χ3n) is 5.18. The minimum atomic E-state index is -2.98. The fraction of sp³-hybridized carbons (Fsp3) is 0.600. The Morgan fingerprint density at radius 3 is 2.77 bits per heavy atom. The van der Waals surface area contributed by atoms with Crippen LogP contribution in [-0.2, 0) is 23.4 Å². The van der Waals surface area contributed by atoms with Gasteiger partial charge < -0.3 is 29.7 Å². The number of esters is 1. The van der Waals surface area contributed by atoms with Gasteiger partial charge in [0.2, 0.25) is 11.6 Å². The van der Waals surface area contributed by atoms with E-state index in [1.807, 2.05) is 5.92 Å². The van der Waals surface area contributed by atoms with Crippen molar-refractivity contribution in [3.8, 4) is 12.3 Å². The molecule has 192 valence electrons. The Labute approximate surface area is 202 Å². The lowest BCUT2D eigenvalue weighted by atomic mass is 9.97. The van der Waals surface area contributed by atoms with E-state index in [1.165, 1.54) is 17.8 Å². The van der Waals surface area contributed by atoms with Crippen LogP contribution in [0.4, 0.5) is 16.2 Å². The topological polar surface area (TPSA) is 167 Å². The van der Waals surface area contributed by atoms with E-state index in [2.05, 4.69) is 20.0 Å². The van der Waals surface area contributed by atoms with Crippen molar-refractivity contribution in [1.82, 2.24) is 24.6 Å². The van der Waals surface area contributed by atoms with E-state index in [1.54, 1.807) is 32.8 Å². The molecule has 6 atom stereocenters. The number of nitrogens with one attached hydrogen (secondary N) is 1. The molecule has 0 spiro atoms. The van der Waals surface area contributed by atoms with E-state index in [4.69, 9.17) is 26.2 Å². The van der Waals surface area contributed by atoms with Crippen LogP contribution >= 0.6 is 8.18 Å². The number of ether oxygens (including phenoxy) is 2. The molecule has 1 aliphatic heterocycles. The lowest BCUT2D eigenvalue weighted by Gasteiger charge is -2.23. The van der Waals surface area contributed by atoms with Crippen molar-refractivity contribution in [3.63, 3.8) is 0 Å². The number of imidazole rings is 1. The molecule has 13 nitrogen and oxygen atoms in total. The van der Waals surface area contributed by atoms with Gasteiger partial charge in [0, 0.05) is 14.1 Å². The first-order valence-electron chi connectivity index (χ1n) is 10.7. The molecule has 2 aromatic heterocycles. The number of rotatable bonds is 9. The number of nitrogens with two attached hydrogens (primary N) is 1. The number of alkyl halides is 1. The van der Waals surface area contributed by atoms with Crippen molar-refractivity contribution < 1.29 is 32.9 Å². The third-order valence-corrected chi connectivity index (χ3v) is 6.28. The van der Waals surface area contributed by atoms with Crippen LogP contribution in [0.1, 0.15) is 27.0 Å². The SMILES string of the molecule is C#C[C@@]1(F)[C@H](O)C(CO[PH](=O)N[C@@H](C)C(=O)OC(C)C)O[C@H]1n1cnc2c(N(C)C)nc(N)nc21. The largest absolute Gasteiger partial charge is 0.462 e. The van der Waals surface area contributed by atoms with Gasteiger partial charge in [0.1, 0.15) is 18.2 Å². The number of carbonyl (C=O) groups excluding carboxylic acids is 1. The van der Waals surface area contributed by atoms with Gasteiger partial charge in [-0.1, -0.05) is 5.92 Å². The second-order valence-corrected chi connectivity index (χ2v) is 9.61. The molecule has 0 bridgehead atoms. The molecule has 3 rings (SSSR count). The van der Waals surface area contributed by atoms with E-state index in [0.29, 0.717) is 11.3 Å². The third kappa shape index (κ3) is 5.39. The van der Waals surface area contributed by atoms with Crippen molar-refractivity contribution in [2.45, 2.75) is 57.0 Å². The smallest absolute Gasteiger partial charge is 0.323 e. The van der Waals surface area contributed by atoms with Gasteiger partial charge in [-0.15, -0.1) is 6.42 Å². The zero-order valence-corrected chi connectivity index (χ0v) is 20.9. The molecule has 35 heavy (non-hydrogen) atoms. The van der Waals surface area contributed by atoms with Gasteiger partial charge in [-0.25, -0.2) is 14.5 Å². The number of anilines is 2. The number of halogens is 1. The van der Waals surface area contributed by atoms with Crippen LogP contribution in [0.15, 0.2) is 6.33 Å². The fourth-order valence-corrected chi connectivity index (χ4v) is 4.35. The number of terminal acetylenes is 1. The minimum Gasteiger partial charge on any atom is -0.462 e. The number of hydrogen-bond donors (Lipinski definition) is 3. The number of nitrogen functional groups attached to an aromatic ring is 1. The highest BCUT2D eigenvalue weighted by Crippen LogP contribution is 2.43. The quantitative estimate of drug-likeness (QED) is 0.240. The normalized spacial score (nSPS) is 26.0. The van der Waals surface area contributed by atoms with Crippen LogP contribution in [0.2, 0.25) is 0 Å². The molecule has 1 saturated heterocycles. The maximum absolute atomic E-state index is 15.8. The van der Waals surface area contributed by atoms with Gasteiger partial charge >= 0.3 is 5.97 Å². The fourth-order valence-electron chi connectivity index (χ4n) is 3.48. The van der Waals surface area contributed by atoms with Gasteiger partial charge in [-0.05, 0) is 20.8 Å². The summed E-state index contributed by atoms with van der Waals surface area (Å²) in [5, 5.41) is 13.1.